The van der Waals surface area contributed by atoms with Crippen molar-refractivity contribution in [2.75, 3.05) is 7.11 Å². The van der Waals surface area contributed by atoms with Crippen LogP contribution in [0.5, 0.6) is 5.75 Å². The van der Waals surface area contributed by atoms with Crippen LogP contribution in [0.1, 0.15) is 64.7 Å². The highest BCUT2D eigenvalue weighted by molar-refractivity contribution is 5.97. The number of alkyl halides is 9. The van der Waals surface area contributed by atoms with E-state index in [0.29, 0.717) is 28.8 Å². The molecule has 3 aromatic rings. The van der Waals surface area contributed by atoms with E-state index >= 15 is 0 Å². The highest BCUT2D eigenvalue weighted by Crippen LogP contribution is 2.51. The molecule has 2 aliphatic rings. The van der Waals surface area contributed by atoms with Crippen LogP contribution in [0.2, 0.25) is 0 Å². The van der Waals surface area contributed by atoms with Gasteiger partial charge in [-0.05, 0) is 84.0 Å². The van der Waals surface area contributed by atoms with Crippen molar-refractivity contribution in [1.82, 2.24) is 0 Å². The van der Waals surface area contributed by atoms with E-state index in [0.717, 1.165) is 12.1 Å². The third-order valence-corrected chi connectivity index (χ3v) is 8.01. The molecule has 5 nitrogen and oxygen atoms in total. The van der Waals surface area contributed by atoms with Crippen LogP contribution in [0.15, 0.2) is 59.8 Å². The normalized spacial score (nSPS) is 20.0. The first-order valence-electron chi connectivity index (χ1n) is 13.6. The number of fused-ring (bicyclic) bond motifs is 1. The predicted molar refractivity (Wildman–Crippen MR) is 143 cm³/mol. The van der Waals surface area contributed by atoms with Gasteiger partial charge < -0.3 is 14.7 Å². The maximum atomic E-state index is 13.9. The molecule has 0 bridgehead atoms. The van der Waals surface area contributed by atoms with Gasteiger partial charge in [-0.25, -0.2) is 0 Å². The Hall–Kier alpha value is -4.23. The van der Waals surface area contributed by atoms with Crippen molar-refractivity contribution >= 4 is 11.7 Å². The first-order chi connectivity index (χ1) is 21.0. The summed E-state index contributed by atoms with van der Waals surface area (Å²) in [6.45, 7) is 0. The first kappa shape index (κ1) is 32.2. The molecule has 0 saturated heterocycles. The number of rotatable bonds is 7. The topological polar surface area (TPSA) is 68.1 Å². The summed E-state index contributed by atoms with van der Waals surface area (Å²) in [5.74, 6) is -2.38. The number of carboxylic acids is 1. The van der Waals surface area contributed by atoms with Crippen molar-refractivity contribution in [3.05, 3.63) is 88.0 Å². The molecule has 1 aliphatic heterocycles. The summed E-state index contributed by atoms with van der Waals surface area (Å²) in [6.07, 6.45) is -15.9. The van der Waals surface area contributed by atoms with Gasteiger partial charge in [0.2, 0.25) is 0 Å². The van der Waals surface area contributed by atoms with E-state index in [1.54, 1.807) is 18.2 Å². The van der Waals surface area contributed by atoms with Crippen LogP contribution >= 0.6 is 0 Å². The molecule has 240 valence electrons. The quantitative estimate of drug-likeness (QED) is 0.261. The number of benzene rings is 3. The number of halogens is 9. The SMILES string of the molecule is COc1ccc(CCC(=O)O)cc1-c1ccc(C(F)(F)F)cc1[C@@H]1CC[C@@H]2C1=NO[C@@H]2c1cc(C(F)(F)F)cc(C(F)(F)F)c1. The Morgan fingerprint density at radius 1 is 0.844 bits per heavy atom. The standard InChI is InChI=1S/C31H24F9NO4/c1-44-25-8-2-15(3-9-26(42)43)10-24(25)20-5-4-17(29(32,33)34)14-23(20)21-6-7-22-27(21)41-45-28(22)16-11-18(30(35,36)37)13-19(12-16)31(38,39)40/h2,4-5,8,10-14,21-22,28H,3,6-7,9H2,1H3,(H,42,43)/t21-,22+,28+/m0/s1. The van der Waals surface area contributed by atoms with Crippen molar-refractivity contribution in [2.24, 2.45) is 11.1 Å². The number of hydrogen-bond acceptors (Lipinski definition) is 4. The molecule has 0 aromatic heterocycles. The lowest BCUT2D eigenvalue weighted by atomic mass is 9.84. The Morgan fingerprint density at radius 2 is 1.49 bits per heavy atom. The summed E-state index contributed by atoms with van der Waals surface area (Å²) >= 11 is 0. The number of ether oxygens (including phenoxy) is 1. The van der Waals surface area contributed by atoms with E-state index in [2.05, 4.69) is 5.16 Å². The summed E-state index contributed by atoms with van der Waals surface area (Å²) < 4.78 is 128. The molecule has 1 saturated carbocycles. The molecular formula is C31H24F9NO4. The van der Waals surface area contributed by atoms with E-state index in [1.165, 1.54) is 13.2 Å². The maximum Gasteiger partial charge on any atom is 0.416 e. The van der Waals surface area contributed by atoms with Crippen LogP contribution < -0.4 is 4.74 Å². The van der Waals surface area contributed by atoms with Crippen LogP contribution in [-0.2, 0) is 34.6 Å². The van der Waals surface area contributed by atoms with Crippen LogP contribution in [0.4, 0.5) is 39.5 Å². The number of aryl methyl sites for hydroxylation is 1. The molecule has 0 unspecified atom stereocenters. The summed E-state index contributed by atoms with van der Waals surface area (Å²) in [5.41, 5.74) is -2.80. The summed E-state index contributed by atoms with van der Waals surface area (Å²) in [7, 11) is 1.36. The Morgan fingerprint density at radius 3 is 2.07 bits per heavy atom. The largest absolute Gasteiger partial charge is 0.496 e. The van der Waals surface area contributed by atoms with Crippen LogP contribution in [-0.4, -0.2) is 23.9 Å². The minimum atomic E-state index is -5.08. The number of methoxy groups -OCH3 is 1. The van der Waals surface area contributed by atoms with Gasteiger partial charge in [-0.3, -0.25) is 4.79 Å². The van der Waals surface area contributed by atoms with Crippen LogP contribution in [0.25, 0.3) is 11.1 Å². The molecule has 1 heterocycles. The molecular weight excluding hydrogens is 621 g/mol. The van der Waals surface area contributed by atoms with E-state index in [-0.39, 0.29) is 48.8 Å². The second kappa shape index (κ2) is 11.6. The van der Waals surface area contributed by atoms with Gasteiger partial charge in [-0.15, -0.1) is 0 Å². The number of nitrogens with zero attached hydrogens (tertiary/aromatic N) is 1. The van der Waals surface area contributed by atoms with Crippen molar-refractivity contribution in [3.63, 3.8) is 0 Å². The minimum absolute atomic E-state index is 0.00452. The molecule has 3 atom stereocenters. The van der Waals surface area contributed by atoms with Gasteiger partial charge in [0.15, 0.2) is 6.10 Å². The fraction of sp³-hybridized carbons (Fsp3) is 0.355. The highest BCUT2D eigenvalue weighted by Gasteiger charge is 2.47. The van der Waals surface area contributed by atoms with Gasteiger partial charge in [0, 0.05) is 23.8 Å². The lowest BCUT2D eigenvalue weighted by Crippen LogP contribution is -2.18. The maximum absolute atomic E-state index is 13.9. The molecule has 45 heavy (non-hydrogen) atoms. The summed E-state index contributed by atoms with van der Waals surface area (Å²) in [6, 6.07) is 9.00. The molecule has 14 heteroatoms. The number of carbonyl (C=O) groups is 1. The Balaban J connectivity index is 1.57. The number of aliphatic carboxylic acids is 1. The second-order valence-corrected chi connectivity index (χ2v) is 10.8. The molecule has 0 radical (unpaired) electrons. The van der Waals surface area contributed by atoms with E-state index in [4.69, 9.17) is 14.7 Å². The molecule has 1 aliphatic carbocycles. The fourth-order valence-electron chi connectivity index (χ4n) is 5.93. The fourth-order valence-corrected chi connectivity index (χ4v) is 5.93. The van der Waals surface area contributed by atoms with Crippen molar-refractivity contribution in [1.29, 1.82) is 0 Å². The van der Waals surface area contributed by atoms with Gasteiger partial charge in [-0.1, -0.05) is 17.3 Å². The van der Waals surface area contributed by atoms with Crippen molar-refractivity contribution in [3.8, 4) is 16.9 Å². The van der Waals surface area contributed by atoms with Crippen LogP contribution in [0, 0.1) is 5.92 Å². The molecule has 5 rings (SSSR count). The Labute approximate surface area is 250 Å². The molecule has 0 spiro atoms. The van der Waals surface area contributed by atoms with Crippen molar-refractivity contribution in [2.45, 2.75) is 56.2 Å². The Kier molecular flexibility index (Phi) is 8.30. The Bertz CT molecular complexity index is 1610. The monoisotopic (exact) mass is 645 g/mol. The third-order valence-electron chi connectivity index (χ3n) is 8.01. The van der Waals surface area contributed by atoms with Gasteiger partial charge in [0.1, 0.15) is 5.75 Å². The highest BCUT2D eigenvalue weighted by atomic mass is 19.4. The lowest BCUT2D eigenvalue weighted by Gasteiger charge is -2.21. The van der Waals surface area contributed by atoms with E-state index in [9.17, 15) is 44.3 Å². The predicted octanol–water partition coefficient (Wildman–Crippen LogP) is 9.06. The number of carboxylic acid groups (broad SMARTS) is 1. The second-order valence-electron chi connectivity index (χ2n) is 10.8. The number of oxime groups is 1. The zero-order valence-electron chi connectivity index (χ0n) is 23.3. The molecule has 1 fully saturated rings. The molecule has 1 N–H and O–H groups in total. The smallest absolute Gasteiger partial charge is 0.416 e. The van der Waals surface area contributed by atoms with Gasteiger partial charge in [0.25, 0.3) is 0 Å². The van der Waals surface area contributed by atoms with Crippen LogP contribution in [0.3, 0.4) is 0 Å². The molecule has 0 amide bonds. The van der Waals surface area contributed by atoms with Gasteiger partial charge in [0.05, 0.1) is 29.5 Å². The van der Waals surface area contributed by atoms with Gasteiger partial charge in [-0.2, -0.15) is 39.5 Å². The van der Waals surface area contributed by atoms with Gasteiger partial charge >= 0.3 is 24.5 Å². The number of hydrogen-bond donors (Lipinski definition) is 1. The third kappa shape index (κ3) is 6.59. The minimum Gasteiger partial charge on any atom is -0.496 e. The first-order valence-corrected chi connectivity index (χ1v) is 13.6. The average molecular weight is 646 g/mol. The van der Waals surface area contributed by atoms with E-state index in [1.807, 2.05) is 0 Å². The van der Waals surface area contributed by atoms with E-state index < -0.39 is 64.7 Å². The summed E-state index contributed by atoms with van der Waals surface area (Å²) in [5, 5.41) is 13.1. The molecule has 3 aromatic carbocycles. The zero-order chi connectivity index (χ0) is 32.9. The zero-order valence-corrected chi connectivity index (χ0v) is 23.3. The lowest BCUT2D eigenvalue weighted by molar-refractivity contribution is -0.143. The van der Waals surface area contributed by atoms with Crippen molar-refractivity contribution < 1.29 is 59.0 Å². The average Bonchev–Trinajstić information content (AvgIpc) is 3.56. The summed E-state index contributed by atoms with van der Waals surface area (Å²) in [4.78, 5) is 16.5.